The van der Waals surface area contributed by atoms with E-state index in [1.54, 1.807) is 6.34 Å². The lowest BCUT2D eigenvalue weighted by molar-refractivity contribution is 0.310. The Hall–Kier alpha value is -1.35. The maximum absolute atomic E-state index is 4.34. The average Bonchev–Trinajstić information content (AvgIpc) is 2.17. The molecule has 0 spiro atoms. The number of para-hydroxylation sites is 1. The van der Waals surface area contributed by atoms with Crippen LogP contribution in [0.15, 0.2) is 23.2 Å². The number of anilines is 1. The second-order valence-electron chi connectivity index (χ2n) is 3.26. The third kappa shape index (κ3) is 1.42. The van der Waals surface area contributed by atoms with Crippen molar-refractivity contribution in [2.24, 2.45) is 4.99 Å². The fourth-order valence-electron chi connectivity index (χ4n) is 1.45. The Morgan fingerprint density at radius 1 is 1.54 bits per heavy atom. The first-order chi connectivity index (χ1) is 6.29. The van der Waals surface area contributed by atoms with E-state index in [4.69, 9.17) is 0 Å². The van der Waals surface area contributed by atoms with Gasteiger partial charge in [0.05, 0.1) is 12.0 Å². The van der Waals surface area contributed by atoms with Gasteiger partial charge in [-0.3, -0.25) is 9.89 Å². The predicted octanol–water partition coefficient (Wildman–Crippen LogP) is 1.50. The van der Waals surface area contributed by atoms with Crippen LogP contribution in [0.3, 0.4) is 0 Å². The zero-order chi connectivity index (χ0) is 9.26. The largest absolute Gasteiger partial charge is 0.346 e. The maximum atomic E-state index is 4.34. The van der Waals surface area contributed by atoms with E-state index in [9.17, 15) is 0 Å². The topological polar surface area (TPSA) is 27.6 Å². The zero-order valence-corrected chi connectivity index (χ0v) is 7.78. The summed E-state index contributed by atoms with van der Waals surface area (Å²) in [4.78, 5) is 6.41. The first-order valence-corrected chi connectivity index (χ1v) is 4.24. The Morgan fingerprint density at radius 3 is 3.15 bits per heavy atom. The van der Waals surface area contributed by atoms with Gasteiger partial charge in [0.1, 0.15) is 6.17 Å². The highest BCUT2D eigenvalue weighted by Crippen LogP contribution is 2.28. The van der Waals surface area contributed by atoms with Gasteiger partial charge >= 0.3 is 0 Å². The molecule has 13 heavy (non-hydrogen) atoms. The van der Waals surface area contributed by atoms with Gasteiger partial charge in [0.15, 0.2) is 0 Å². The second-order valence-corrected chi connectivity index (χ2v) is 3.26. The average molecular weight is 174 g/mol. The van der Waals surface area contributed by atoms with E-state index < -0.39 is 0 Å². The number of aliphatic imine (C=N–C) groups is 1. The molecule has 3 heteroatoms. The van der Waals surface area contributed by atoms with Gasteiger partial charge in [-0.1, -0.05) is 18.2 Å². The van der Waals surface area contributed by atoms with E-state index in [0.717, 1.165) is 5.69 Å². The number of rotatable bonds is 1. The highest BCUT2D eigenvalue weighted by molar-refractivity contribution is 5.79. The van der Waals surface area contributed by atoms with Crippen LogP contribution in [0.1, 0.15) is 11.7 Å². The lowest BCUT2D eigenvalue weighted by atomic mass is 10.1. The number of hydrogen-bond donors (Lipinski definition) is 1. The van der Waals surface area contributed by atoms with Crippen LogP contribution in [-0.2, 0) is 0 Å². The van der Waals surface area contributed by atoms with E-state index in [-0.39, 0.29) is 6.17 Å². The molecule has 1 aliphatic heterocycles. The first kappa shape index (κ1) is 8.26. The molecule has 1 aromatic rings. The monoisotopic (exact) mass is 174 g/mol. The summed E-state index contributed by atoms with van der Waals surface area (Å²) < 4.78 is 0. The van der Waals surface area contributed by atoms with Gasteiger partial charge in [-0.2, -0.15) is 0 Å². The van der Waals surface area contributed by atoms with Crippen LogP contribution in [0.4, 0.5) is 5.69 Å². The third-order valence-electron chi connectivity index (χ3n) is 2.08. The standard InChI is InChI=1S/C10H12N3/c1-13(2)10-8-5-3-4-6-9(8)11-7-12-10/h3-5,7,10H,1-2H3,(H,11,12). The van der Waals surface area contributed by atoms with Gasteiger partial charge in [-0.05, 0) is 14.1 Å². The van der Waals surface area contributed by atoms with Gasteiger partial charge in [-0.15, -0.1) is 0 Å². The van der Waals surface area contributed by atoms with Gasteiger partial charge in [0.2, 0.25) is 0 Å². The molecule has 1 aliphatic rings. The quantitative estimate of drug-likeness (QED) is 0.698. The van der Waals surface area contributed by atoms with Crippen LogP contribution in [0.5, 0.6) is 0 Å². The van der Waals surface area contributed by atoms with Crippen LogP contribution in [0.2, 0.25) is 0 Å². The number of nitrogens with zero attached hydrogens (tertiary/aromatic N) is 2. The van der Waals surface area contributed by atoms with Crippen molar-refractivity contribution >= 4 is 12.0 Å². The molecule has 2 rings (SSSR count). The molecule has 67 valence electrons. The molecular weight excluding hydrogens is 162 g/mol. The Morgan fingerprint density at radius 2 is 2.38 bits per heavy atom. The summed E-state index contributed by atoms with van der Waals surface area (Å²) in [6.07, 6.45) is 1.84. The van der Waals surface area contributed by atoms with Crippen LogP contribution < -0.4 is 5.32 Å². The molecular formula is C10H12N3. The second kappa shape index (κ2) is 3.18. The molecule has 1 unspecified atom stereocenters. The molecule has 0 saturated carbocycles. The van der Waals surface area contributed by atoms with Gasteiger partial charge in [0.25, 0.3) is 0 Å². The molecule has 0 fully saturated rings. The van der Waals surface area contributed by atoms with E-state index >= 15 is 0 Å². The fraction of sp³-hybridized carbons (Fsp3) is 0.300. The summed E-state index contributed by atoms with van der Waals surface area (Å²) >= 11 is 0. The van der Waals surface area contributed by atoms with Crippen molar-refractivity contribution in [3.63, 3.8) is 0 Å². The van der Waals surface area contributed by atoms with E-state index in [0.29, 0.717) is 0 Å². The summed E-state index contributed by atoms with van der Waals surface area (Å²) in [6, 6.07) is 9.10. The maximum Gasteiger partial charge on any atom is 0.131 e. The van der Waals surface area contributed by atoms with Gasteiger partial charge < -0.3 is 5.32 Å². The third-order valence-corrected chi connectivity index (χ3v) is 2.08. The first-order valence-electron chi connectivity index (χ1n) is 4.24. The lowest BCUT2D eigenvalue weighted by Gasteiger charge is -2.25. The smallest absolute Gasteiger partial charge is 0.131 e. The fourth-order valence-corrected chi connectivity index (χ4v) is 1.45. The predicted molar refractivity (Wildman–Crippen MR) is 53.8 cm³/mol. The molecule has 0 aliphatic carbocycles. The van der Waals surface area contributed by atoms with Crippen molar-refractivity contribution in [3.8, 4) is 0 Å². The number of fused-ring (bicyclic) bond motifs is 1. The molecule has 1 heterocycles. The van der Waals surface area contributed by atoms with Crippen molar-refractivity contribution in [3.05, 3.63) is 29.8 Å². The van der Waals surface area contributed by atoms with Crippen molar-refractivity contribution in [2.45, 2.75) is 6.17 Å². The lowest BCUT2D eigenvalue weighted by Crippen LogP contribution is -2.22. The summed E-state index contributed by atoms with van der Waals surface area (Å²) in [6.45, 7) is 0. The van der Waals surface area contributed by atoms with Gasteiger partial charge in [0, 0.05) is 11.6 Å². The minimum Gasteiger partial charge on any atom is -0.346 e. The Bertz CT molecular complexity index is 331. The van der Waals surface area contributed by atoms with E-state index in [2.05, 4.69) is 27.3 Å². The minimum absolute atomic E-state index is 0.119. The number of hydrogen-bond acceptors (Lipinski definition) is 3. The zero-order valence-electron chi connectivity index (χ0n) is 7.78. The van der Waals surface area contributed by atoms with Crippen molar-refractivity contribution < 1.29 is 0 Å². The summed E-state index contributed by atoms with van der Waals surface area (Å²) in [5.74, 6) is 0. The Kier molecular flexibility index (Phi) is 2.02. The number of benzene rings is 1. The Labute approximate surface area is 78.1 Å². The van der Waals surface area contributed by atoms with Crippen molar-refractivity contribution in [1.82, 2.24) is 4.90 Å². The minimum atomic E-state index is 0.119. The Balaban J connectivity index is 2.42. The normalized spacial score (nSPS) is 19.8. The molecule has 0 bridgehead atoms. The van der Waals surface area contributed by atoms with Crippen molar-refractivity contribution in [2.75, 3.05) is 19.4 Å². The molecule has 1 N–H and O–H groups in total. The van der Waals surface area contributed by atoms with E-state index in [1.807, 2.05) is 26.2 Å². The van der Waals surface area contributed by atoms with Gasteiger partial charge in [-0.25, -0.2) is 0 Å². The van der Waals surface area contributed by atoms with Crippen LogP contribution in [0, 0.1) is 6.07 Å². The molecule has 0 amide bonds. The molecule has 1 aromatic carbocycles. The van der Waals surface area contributed by atoms with Crippen molar-refractivity contribution in [1.29, 1.82) is 0 Å². The highest BCUT2D eigenvalue weighted by Gasteiger charge is 2.17. The highest BCUT2D eigenvalue weighted by atomic mass is 15.2. The summed E-state index contributed by atoms with van der Waals surface area (Å²) in [5.41, 5.74) is 2.20. The van der Waals surface area contributed by atoms with E-state index in [1.165, 1.54) is 5.56 Å². The molecule has 1 atom stereocenters. The molecule has 0 saturated heterocycles. The summed E-state index contributed by atoms with van der Waals surface area (Å²) in [5, 5.41) is 3.07. The summed E-state index contributed by atoms with van der Waals surface area (Å²) in [7, 11) is 4.04. The molecule has 3 nitrogen and oxygen atoms in total. The molecule has 1 radical (unpaired) electrons. The SMILES string of the molecule is CN(C)C1N=CNc2[c]cccc21. The molecule has 0 aromatic heterocycles. The van der Waals surface area contributed by atoms with Crippen LogP contribution in [0.25, 0.3) is 0 Å². The van der Waals surface area contributed by atoms with Crippen LogP contribution >= 0.6 is 0 Å². The van der Waals surface area contributed by atoms with Crippen LogP contribution in [-0.4, -0.2) is 25.3 Å². The number of nitrogens with one attached hydrogen (secondary N) is 1.